The third kappa shape index (κ3) is 28.6. The van der Waals surface area contributed by atoms with Gasteiger partial charge in [-0.25, -0.2) is 0 Å². The summed E-state index contributed by atoms with van der Waals surface area (Å²) < 4.78 is 22.7. The highest BCUT2D eigenvalue weighted by molar-refractivity contribution is 5.76. The van der Waals surface area contributed by atoms with Gasteiger partial charge >= 0.3 is 0 Å². The van der Waals surface area contributed by atoms with Gasteiger partial charge in [-0.3, -0.25) is 4.79 Å². The first-order valence-corrected chi connectivity index (χ1v) is 28.2. The number of amides is 1. The van der Waals surface area contributed by atoms with Crippen molar-refractivity contribution in [3.63, 3.8) is 0 Å². The zero-order chi connectivity index (χ0) is 51.0. The number of aliphatic hydroxyl groups excluding tert-OH is 8. The number of carbonyl (C=O) groups excluding carboxylic acids is 1. The minimum Gasteiger partial charge on any atom is -0.394 e. The van der Waals surface area contributed by atoms with Crippen molar-refractivity contribution in [2.45, 2.75) is 293 Å². The molecule has 0 aromatic carbocycles. The molecule has 14 nitrogen and oxygen atoms in total. The van der Waals surface area contributed by atoms with Crippen LogP contribution in [0.2, 0.25) is 0 Å². The number of carbonyl (C=O) groups is 1. The quantitative estimate of drug-likeness (QED) is 0.0206. The fraction of sp³-hybridized carbons (Fsp3) is 0.875. The Bertz CT molecular complexity index is 1320. The summed E-state index contributed by atoms with van der Waals surface area (Å²) in [5.41, 5.74) is 0. The molecule has 0 spiro atoms. The molecular weight excluding hydrogens is 895 g/mol. The average molecular weight is 998 g/mol. The lowest BCUT2D eigenvalue weighted by molar-refractivity contribution is -0.359. The van der Waals surface area contributed by atoms with Crippen LogP contribution in [-0.2, 0) is 23.7 Å². The number of aliphatic hydroxyl groups is 8. The molecule has 2 heterocycles. The van der Waals surface area contributed by atoms with Gasteiger partial charge in [0.15, 0.2) is 12.6 Å². The predicted molar refractivity (Wildman–Crippen MR) is 277 cm³/mol. The van der Waals surface area contributed by atoms with Gasteiger partial charge in [0.05, 0.1) is 32.0 Å². The van der Waals surface area contributed by atoms with Crippen LogP contribution in [0.25, 0.3) is 0 Å². The largest absolute Gasteiger partial charge is 0.394 e. The van der Waals surface area contributed by atoms with Crippen molar-refractivity contribution >= 4 is 5.91 Å². The normalized spacial score (nSPS) is 26.2. The Morgan fingerprint density at radius 3 is 1.44 bits per heavy atom. The van der Waals surface area contributed by atoms with Crippen molar-refractivity contribution in [3.05, 3.63) is 36.5 Å². The molecule has 2 fully saturated rings. The van der Waals surface area contributed by atoms with E-state index in [0.29, 0.717) is 12.8 Å². The van der Waals surface area contributed by atoms with Crippen molar-refractivity contribution in [1.82, 2.24) is 5.32 Å². The van der Waals surface area contributed by atoms with E-state index in [9.17, 15) is 45.6 Å². The van der Waals surface area contributed by atoms with Gasteiger partial charge in [0, 0.05) is 6.42 Å². The fourth-order valence-corrected chi connectivity index (χ4v) is 9.17. The van der Waals surface area contributed by atoms with Gasteiger partial charge in [-0.15, -0.1) is 0 Å². The third-order valence-electron chi connectivity index (χ3n) is 13.8. The minimum absolute atomic E-state index is 0.260. The van der Waals surface area contributed by atoms with Crippen molar-refractivity contribution in [2.75, 3.05) is 19.8 Å². The molecule has 1 amide bonds. The van der Waals surface area contributed by atoms with E-state index in [1.807, 2.05) is 6.08 Å². The molecule has 12 unspecified atom stereocenters. The number of unbranched alkanes of at least 4 members (excludes halogenated alkanes) is 27. The maximum atomic E-state index is 13.1. The Morgan fingerprint density at radius 1 is 0.500 bits per heavy atom. The van der Waals surface area contributed by atoms with E-state index in [1.54, 1.807) is 6.08 Å². The molecule has 2 saturated heterocycles. The first kappa shape index (κ1) is 64.3. The van der Waals surface area contributed by atoms with Gasteiger partial charge in [-0.1, -0.05) is 198 Å². The van der Waals surface area contributed by atoms with Crippen LogP contribution in [0, 0.1) is 0 Å². The maximum absolute atomic E-state index is 13.1. The lowest BCUT2D eigenvalue weighted by Crippen LogP contribution is -2.65. The Morgan fingerprint density at radius 2 is 0.929 bits per heavy atom. The Labute approximate surface area is 423 Å². The smallest absolute Gasteiger partial charge is 0.220 e. The maximum Gasteiger partial charge on any atom is 0.220 e. The van der Waals surface area contributed by atoms with E-state index in [4.69, 9.17) is 18.9 Å². The molecule has 0 aromatic rings. The van der Waals surface area contributed by atoms with Gasteiger partial charge < -0.3 is 65.1 Å². The Kier molecular flexibility index (Phi) is 39.1. The van der Waals surface area contributed by atoms with Crippen LogP contribution < -0.4 is 5.32 Å². The highest BCUT2D eigenvalue weighted by atomic mass is 16.7. The lowest BCUT2D eigenvalue weighted by atomic mass is 9.97. The highest BCUT2D eigenvalue weighted by Crippen LogP contribution is 2.30. The molecule has 0 saturated carbocycles. The molecular formula is C56H103NO13. The van der Waals surface area contributed by atoms with Gasteiger partial charge in [0.1, 0.15) is 48.8 Å². The molecule has 2 rings (SSSR count). The van der Waals surface area contributed by atoms with Gasteiger partial charge in [0.25, 0.3) is 0 Å². The van der Waals surface area contributed by atoms with E-state index < -0.39 is 86.8 Å². The molecule has 0 bridgehead atoms. The second kappa shape index (κ2) is 42.6. The molecule has 0 aromatic heterocycles. The molecule has 0 radical (unpaired) electrons. The monoisotopic (exact) mass is 998 g/mol. The number of rotatable bonds is 44. The summed E-state index contributed by atoms with van der Waals surface area (Å²) in [5.74, 6) is -0.260. The first-order chi connectivity index (χ1) is 34.1. The van der Waals surface area contributed by atoms with E-state index in [1.165, 1.54) is 135 Å². The number of hydrogen-bond donors (Lipinski definition) is 9. The molecule has 410 valence electrons. The molecule has 9 N–H and O–H groups in total. The third-order valence-corrected chi connectivity index (χ3v) is 13.8. The highest BCUT2D eigenvalue weighted by Gasteiger charge is 2.51. The number of hydrogen-bond acceptors (Lipinski definition) is 13. The van der Waals surface area contributed by atoms with Crippen LogP contribution in [-0.4, -0.2) is 140 Å². The van der Waals surface area contributed by atoms with E-state index in [0.717, 1.165) is 51.4 Å². The van der Waals surface area contributed by atoms with E-state index >= 15 is 0 Å². The van der Waals surface area contributed by atoms with Crippen LogP contribution in [0.5, 0.6) is 0 Å². The van der Waals surface area contributed by atoms with Crippen LogP contribution in [0.15, 0.2) is 36.5 Å². The Balaban J connectivity index is 1.76. The molecule has 0 aliphatic carbocycles. The summed E-state index contributed by atoms with van der Waals surface area (Å²) in [5, 5.41) is 86.8. The topological polar surface area (TPSA) is 228 Å². The molecule has 2 aliphatic heterocycles. The van der Waals surface area contributed by atoms with E-state index in [-0.39, 0.29) is 18.9 Å². The van der Waals surface area contributed by atoms with Crippen molar-refractivity contribution in [3.8, 4) is 0 Å². The molecule has 70 heavy (non-hydrogen) atoms. The SMILES string of the molecule is CCCC/C=C\CCCCCCCC(=O)NC(COC1OC(CO)C(OC2OC(CO)C(O)C(O)C2O)C(O)C1O)C(O)/C=C/CC/C=C/CCCCCCCCCCCCCCCCCCCCC. The van der Waals surface area contributed by atoms with Gasteiger partial charge in [0.2, 0.25) is 5.91 Å². The van der Waals surface area contributed by atoms with Crippen molar-refractivity contribution in [1.29, 1.82) is 0 Å². The number of nitrogens with one attached hydrogen (secondary N) is 1. The zero-order valence-corrected chi connectivity index (χ0v) is 43.8. The fourth-order valence-electron chi connectivity index (χ4n) is 9.17. The van der Waals surface area contributed by atoms with E-state index in [2.05, 4.69) is 43.5 Å². The van der Waals surface area contributed by atoms with Crippen LogP contribution >= 0.6 is 0 Å². The summed E-state index contributed by atoms with van der Waals surface area (Å²) >= 11 is 0. The predicted octanol–water partition coefficient (Wildman–Crippen LogP) is 8.66. The molecule has 14 heteroatoms. The minimum atomic E-state index is -1.79. The van der Waals surface area contributed by atoms with Crippen molar-refractivity contribution in [2.24, 2.45) is 0 Å². The summed E-state index contributed by atoms with van der Waals surface area (Å²) in [6.45, 7) is 2.73. The van der Waals surface area contributed by atoms with Gasteiger partial charge in [-0.2, -0.15) is 0 Å². The first-order valence-electron chi connectivity index (χ1n) is 28.2. The second-order valence-electron chi connectivity index (χ2n) is 20.1. The Hall–Kier alpha value is -1.79. The van der Waals surface area contributed by atoms with Crippen LogP contribution in [0.4, 0.5) is 0 Å². The van der Waals surface area contributed by atoms with Gasteiger partial charge in [-0.05, 0) is 51.4 Å². The molecule has 12 atom stereocenters. The van der Waals surface area contributed by atoms with Crippen LogP contribution in [0.1, 0.15) is 219 Å². The number of allylic oxidation sites excluding steroid dienone is 5. The second-order valence-corrected chi connectivity index (χ2v) is 20.1. The van der Waals surface area contributed by atoms with Crippen LogP contribution in [0.3, 0.4) is 0 Å². The zero-order valence-electron chi connectivity index (χ0n) is 43.8. The summed E-state index contributed by atoms with van der Waals surface area (Å²) in [6, 6.07) is -0.934. The summed E-state index contributed by atoms with van der Waals surface area (Å²) in [4.78, 5) is 13.1. The number of ether oxygens (including phenoxy) is 4. The van der Waals surface area contributed by atoms with Crippen molar-refractivity contribution < 1.29 is 64.6 Å². The standard InChI is InChI=1S/C56H103NO13/c1-3-5-7-9-11-13-15-16-17-18-19-20-21-22-23-24-25-26-27-28-30-31-33-35-37-39-45(60)44(57-48(61)40-38-36-34-32-29-14-12-10-8-6-4-2)43-67-55-53(66)51(64)54(47(42-59)69-55)70-56-52(65)50(63)49(62)46(41-58)68-56/h10,12,30-31,37,39,44-47,49-56,58-60,62-66H,3-9,11,13-29,32-36,38,40-43H2,1-2H3,(H,57,61)/b12-10-,31-30+,39-37+. The summed E-state index contributed by atoms with van der Waals surface area (Å²) in [6.07, 6.45) is 33.5. The lowest BCUT2D eigenvalue weighted by Gasteiger charge is -2.46. The summed E-state index contributed by atoms with van der Waals surface area (Å²) in [7, 11) is 0. The average Bonchev–Trinajstić information content (AvgIpc) is 3.36. The molecule has 2 aliphatic rings.